The molecular formula is C39H28BNO2. The molecule has 1 aliphatic heterocycles. The van der Waals surface area contributed by atoms with Crippen molar-refractivity contribution in [2.45, 2.75) is 13.0 Å². The molecule has 1 aliphatic rings. The van der Waals surface area contributed by atoms with Gasteiger partial charge in [-0.1, -0.05) is 121 Å². The Labute approximate surface area is 251 Å². The molecule has 43 heavy (non-hydrogen) atoms. The van der Waals surface area contributed by atoms with Crippen LogP contribution in [0.25, 0.3) is 43.4 Å². The second kappa shape index (κ2) is 10.5. The normalized spacial score (nSPS) is 13.4. The molecule has 4 heteroatoms. The quantitative estimate of drug-likeness (QED) is 0.161. The van der Waals surface area contributed by atoms with Crippen LogP contribution >= 0.6 is 0 Å². The van der Waals surface area contributed by atoms with Gasteiger partial charge in [-0.2, -0.15) is 0 Å². The van der Waals surface area contributed by atoms with Crippen LogP contribution in [0.15, 0.2) is 145 Å². The molecule has 0 aromatic heterocycles. The molecule has 204 valence electrons. The fourth-order valence-electron chi connectivity index (χ4n) is 6.19. The van der Waals surface area contributed by atoms with Gasteiger partial charge in [-0.15, -0.1) is 0 Å². The molecule has 7 aromatic carbocycles. The molecule has 0 bridgehead atoms. The summed E-state index contributed by atoms with van der Waals surface area (Å²) in [5.41, 5.74) is 5.19. The van der Waals surface area contributed by atoms with Crippen LogP contribution in [-0.4, -0.2) is 13.3 Å². The monoisotopic (exact) mass is 553 g/mol. The molecular weight excluding hydrogens is 525 g/mol. The van der Waals surface area contributed by atoms with Crippen LogP contribution < -0.4 is 14.8 Å². The number of aliphatic imine (C=N–C) groups is 1. The fraction of sp³-hybridized carbons (Fsp3) is 0.0513. The lowest BCUT2D eigenvalue weighted by Crippen LogP contribution is -2.44. The van der Waals surface area contributed by atoms with E-state index in [0.717, 1.165) is 55.2 Å². The molecule has 8 rings (SSSR count). The summed E-state index contributed by atoms with van der Waals surface area (Å²) in [6, 6.07) is 48.5. The third-order valence-electron chi connectivity index (χ3n) is 8.44. The maximum atomic E-state index is 6.78. The Bertz CT molecular complexity index is 2100. The SMILES string of the molecule is C[C@@H](N=Cc1ccccc1B1Oc2ccc3ccccc3c2-c2c(ccc3ccccc23)O1)c1ccc2ccccc2c1. The van der Waals surface area contributed by atoms with E-state index in [1.807, 2.05) is 18.3 Å². The summed E-state index contributed by atoms with van der Waals surface area (Å²) in [6.07, 6.45) is 1.95. The average Bonchev–Trinajstić information content (AvgIpc) is 3.24. The van der Waals surface area contributed by atoms with E-state index < -0.39 is 7.12 Å². The minimum absolute atomic E-state index is 0.00665. The molecule has 0 aliphatic carbocycles. The molecule has 7 aromatic rings. The summed E-state index contributed by atoms with van der Waals surface area (Å²) >= 11 is 0. The number of benzene rings is 7. The molecule has 3 nitrogen and oxygen atoms in total. The Morgan fingerprint density at radius 3 is 1.77 bits per heavy atom. The van der Waals surface area contributed by atoms with Crippen LogP contribution in [0, 0.1) is 0 Å². The molecule has 1 atom stereocenters. The molecule has 0 fully saturated rings. The van der Waals surface area contributed by atoms with Gasteiger partial charge in [0.25, 0.3) is 0 Å². The number of rotatable bonds is 4. The minimum atomic E-state index is -0.652. The van der Waals surface area contributed by atoms with Gasteiger partial charge in [0.2, 0.25) is 0 Å². The highest BCUT2D eigenvalue weighted by molar-refractivity contribution is 6.64. The van der Waals surface area contributed by atoms with Gasteiger partial charge in [0, 0.05) is 22.8 Å². The first kappa shape index (κ1) is 25.4. The van der Waals surface area contributed by atoms with Gasteiger partial charge in [-0.3, -0.25) is 4.99 Å². The van der Waals surface area contributed by atoms with Crippen LogP contribution in [0.1, 0.15) is 24.1 Å². The van der Waals surface area contributed by atoms with Crippen LogP contribution in [0.5, 0.6) is 11.5 Å². The molecule has 0 amide bonds. The summed E-state index contributed by atoms with van der Waals surface area (Å²) in [5.74, 6) is 1.60. The van der Waals surface area contributed by atoms with Crippen molar-refractivity contribution in [1.82, 2.24) is 0 Å². The van der Waals surface area contributed by atoms with Crippen molar-refractivity contribution in [2.75, 3.05) is 0 Å². The van der Waals surface area contributed by atoms with Crippen molar-refractivity contribution < 1.29 is 9.31 Å². The third kappa shape index (κ3) is 4.52. The Kier molecular flexibility index (Phi) is 6.19. The highest BCUT2D eigenvalue weighted by atomic mass is 16.6. The largest absolute Gasteiger partial charge is 0.633 e. The third-order valence-corrected chi connectivity index (χ3v) is 8.44. The van der Waals surface area contributed by atoms with Crippen LogP contribution in [0.4, 0.5) is 0 Å². The molecule has 0 saturated heterocycles. The molecule has 0 radical (unpaired) electrons. The predicted octanol–water partition coefficient (Wildman–Crippen LogP) is 9.16. The Hall–Kier alpha value is -5.35. The van der Waals surface area contributed by atoms with Gasteiger partial charge in [0.1, 0.15) is 11.5 Å². The molecule has 0 spiro atoms. The molecule has 0 N–H and O–H groups in total. The second-order valence-electron chi connectivity index (χ2n) is 11.1. The van der Waals surface area contributed by atoms with Gasteiger partial charge >= 0.3 is 7.12 Å². The van der Waals surface area contributed by atoms with Gasteiger partial charge in [0.15, 0.2) is 0 Å². The molecule has 0 unspecified atom stereocenters. The number of hydrogen-bond acceptors (Lipinski definition) is 3. The number of fused-ring (bicyclic) bond motifs is 8. The van der Waals surface area contributed by atoms with Gasteiger partial charge < -0.3 is 9.31 Å². The van der Waals surface area contributed by atoms with Gasteiger partial charge in [0.05, 0.1) is 6.04 Å². The summed E-state index contributed by atoms with van der Waals surface area (Å²) < 4.78 is 13.6. The molecule has 1 heterocycles. The van der Waals surface area contributed by atoms with Crippen molar-refractivity contribution in [2.24, 2.45) is 4.99 Å². The van der Waals surface area contributed by atoms with Gasteiger partial charge in [-0.25, -0.2) is 0 Å². The molecule has 0 saturated carbocycles. The summed E-state index contributed by atoms with van der Waals surface area (Å²) in [7, 11) is -0.652. The minimum Gasteiger partial charge on any atom is -0.521 e. The predicted molar refractivity (Wildman–Crippen MR) is 180 cm³/mol. The van der Waals surface area contributed by atoms with E-state index in [2.05, 4.69) is 134 Å². The zero-order valence-corrected chi connectivity index (χ0v) is 23.8. The zero-order valence-electron chi connectivity index (χ0n) is 23.8. The lowest BCUT2D eigenvalue weighted by atomic mass is 9.75. The Morgan fingerprint density at radius 1 is 0.558 bits per heavy atom. The van der Waals surface area contributed by atoms with Crippen LogP contribution in [-0.2, 0) is 0 Å². The Morgan fingerprint density at radius 2 is 1.09 bits per heavy atom. The summed E-state index contributed by atoms with van der Waals surface area (Å²) in [5, 5.41) is 7.06. The second-order valence-corrected chi connectivity index (χ2v) is 11.1. The highest BCUT2D eigenvalue weighted by Crippen LogP contribution is 2.47. The first-order valence-corrected chi connectivity index (χ1v) is 14.7. The number of hydrogen-bond donors (Lipinski definition) is 0. The zero-order chi connectivity index (χ0) is 28.8. The first-order valence-electron chi connectivity index (χ1n) is 14.7. The van der Waals surface area contributed by atoms with Crippen molar-refractivity contribution in [1.29, 1.82) is 0 Å². The lowest BCUT2D eigenvalue weighted by Gasteiger charge is -2.17. The number of nitrogens with zero attached hydrogens (tertiary/aromatic N) is 1. The van der Waals surface area contributed by atoms with E-state index in [-0.39, 0.29) is 6.04 Å². The van der Waals surface area contributed by atoms with Crippen LogP contribution in [0.3, 0.4) is 0 Å². The van der Waals surface area contributed by atoms with Crippen LogP contribution in [0.2, 0.25) is 0 Å². The van der Waals surface area contributed by atoms with Crippen molar-refractivity contribution >= 4 is 51.1 Å². The first-order chi connectivity index (χ1) is 21.2. The van der Waals surface area contributed by atoms with Crippen molar-refractivity contribution in [3.05, 3.63) is 151 Å². The van der Waals surface area contributed by atoms with E-state index in [1.165, 1.54) is 16.3 Å². The lowest BCUT2D eigenvalue weighted by molar-refractivity contribution is 0.448. The van der Waals surface area contributed by atoms with E-state index in [4.69, 9.17) is 14.3 Å². The smallest absolute Gasteiger partial charge is 0.521 e. The van der Waals surface area contributed by atoms with Gasteiger partial charge in [-0.05, 0) is 68.6 Å². The fourth-order valence-corrected chi connectivity index (χ4v) is 6.19. The van der Waals surface area contributed by atoms with E-state index in [0.29, 0.717) is 0 Å². The Balaban J connectivity index is 1.22. The highest BCUT2D eigenvalue weighted by Gasteiger charge is 2.34. The topological polar surface area (TPSA) is 30.8 Å². The van der Waals surface area contributed by atoms with E-state index in [9.17, 15) is 0 Å². The maximum Gasteiger partial charge on any atom is 0.633 e. The van der Waals surface area contributed by atoms with Crippen molar-refractivity contribution in [3.8, 4) is 22.6 Å². The van der Waals surface area contributed by atoms with E-state index in [1.54, 1.807) is 0 Å². The summed E-state index contributed by atoms with van der Waals surface area (Å²) in [6.45, 7) is 2.13. The average molecular weight is 553 g/mol. The standard InChI is InChI=1S/C39H28BNO2/c1-26(30-19-18-27-10-2-3-13-31(27)24-30)41-25-32-14-6-9-17-35(32)40-42-36-22-20-28-11-4-7-15-33(28)38(36)39-34-16-8-5-12-29(34)21-23-37(39)43-40/h2-26H,1H3/t26-/m1/s1. The van der Waals surface area contributed by atoms with E-state index >= 15 is 0 Å². The maximum absolute atomic E-state index is 6.78. The van der Waals surface area contributed by atoms with Crippen molar-refractivity contribution in [3.63, 3.8) is 0 Å². The summed E-state index contributed by atoms with van der Waals surface area (Å²) in [4.78, 5) is 4.98.